The van der Waals surface area contributed by atoms with E-state index in [0.717, 1.165) is 0 Å². The number of ketones is 1. The number of carbonyl (C=O) groups excluding carboxylic acids is 2. The fraction of sp³-hybridized carbons (Fsp3) is 0.429. The molecule has 3 aliphatic rings. The van der Waals surface area contributed by atoms with Crippen molar-refractivity contribution in [2.45, 2.75) is 6.04 Å². The SMILES string of the molecule is COc1ccc(C(O)=C2C(=O)C(=O)N(CCN3CCOCC3)[C@H]2c2cc(OC)c3c(c2OC)OCO3)cc1OC. The number of rotatable bonds is 9. The third kappa shape index (κ3) is 4.73. The van der Waals surface area contributed by atoms with E-state index in [2.05, 4.69) is 4.90 Å². The summed E-state index contributed by atoms with van der Waals surface area (Å²) in [7, 11) is 5.90. The van der Waals surface area contributed by atoms with Crippen molar-refractivity contribution in [3.05, 3.63) is 41.0 Å². The summed E-state index contributed by atoms with van der Waals surface area (Å²) in [5.74, 6) is 0.141. The quantitative estimate of drug-likeness (QED) is 0.278. The van der Waals surface area contributed by atoms with Gasteiger partial charge in [0.05, 0.1) is 53.3 Å². The van der Waals surface area contributed by atoms with Crippen LogP contribution in [0.1, 0.15) is 17.2 Å². The highest BCUT2D eigenvalue weighted by Crippen LogP contribution is 2.54. The second kappa shape index (κ2) is 11.5. The number of morpholine rings is 1. The van der Waals surface area contributed by atoms with E-state index in [1.165, 1.54) is 33.3 Å². The number of amides is 1. The van der Waals surface area contributed by atoms with Gasteiger partial charge >= 0.3 is 0 Å². The summed E-state index contributed by atoms with van der Waals surface area (Å²) < 4.78 is 38.7. The maximum absolute atomic E-state index is 13.6. The predicted octanol–water partition coefficient (Wildman–Crippen LogP) is 2.20. The molecule has 1 atom stereocenters. The van der Waals surface area contributed by atoms with Crippen LogP contribution in [0.3, 0.4) is 0 Å². The number of aliphatic hydroxyl groups is 1. The van der Waals surface area contributed by atoms with Gasteiger partial charge in [0.15, 0.2) is 23.0 Å². The van der Waals surface area contributed by atoms with Crippen molar-refractivity contribution in [1.29, 1.82) is 0 Å². The number of likely N-dealkylation sites (tertiary alicyclic amines) is 1. The Morgan fingerprint density at radius 1 is 0.900 bits per heavy atom. The highest BCUT2D eigenvalue weighted by atomic mass is 16.7. The molecule has 0 spiro atoms. The fourth-order valence-electron chi connectivity index (χ4n) is 5.25. The third-order valence-corrected chi connectivity index (χ3v) is 7.27. The van der Waals surface area contributed by atoms with Gasteiger partial charge in [0.2, 0.25) is 18.3 Å². The summed E-state index contributed by atoms with van der Waals surface area (Å²) in [6.07, 6.45) is 0. The van der Waals surface area contributed by atoms with Gasteiger partial charge in [-0.15, -0.1) is 0 Å². The van der Waals surface area contributed by atoms with E-state index in [1.807, 2.05) is 0 Å². The summed E-state index contributed by atoms with van der Waals surface area (Å²) in [4.78, 5) is 30.7. The van der Waals surface area contributed by atoms with Gasteiger partial charge in [0.1, 0.15) is 5.76 Å². The molecule has 0 aliphatic carbocycles. The minimum Gasteiger partial charge on any atom is -0.507 e. The van der Waals surface area contributed by atoms with Gasteiger partial charge in [0.25, 0.3) is 11.7 Å². The first-order chi connectivity index (χ1) is 19.4. The second-order valence-corrected chi connectivity index (χ2v) is 9.28. The number of nitrogens with zero attached hydrogens (tertiary/aromatic N) is 2. The largest absolute Gasteiger partial charge is 0.507 e. The summed E-state index contributed by atoms with van der Waals surface area (Å²) in [5, 5.41) is 11.6. The average molecular weight is 557 g/mol. The van der Waals surface area contributed by atoms with Gasteiger partial charge in [-0.25, -0.2) is 0 Å². The zero-order chi connectivity index (χ0) is 28.4. The topological polar surface area (TPSA) is 125 Å². The van der Waals surface area contributed by atoms with Crippen molar-refractivity contribution in [2.75, 3.05) is 74.6 Å². The van der Waals surface area contributed by atoms with Crippen LogP contribution in [0.25, 0.3) is 5.76 Å². The minimum absolute atomic E-state index is 0.0473. The van der Waals surface area contributed by atoms with E-state index in [4.69, 9.17) is 33.2 Å². The van der Waals surface area contributed by atoms with Crippen molar-refractivity contribution in [2.24, 2.45) is 0 Å². The van der Waals surface area contributed by atoms with E-state index >= 15 is 0 Å². The lowest BCUT2D eigenvalue weighted by molar-refractivity contribution is -0.140. The van der Waals surface area contributed by atoms with Gasteiger partial charge in [-0.2, -0.15) is 0 Å². The monoisotopic (exact) mass is 556 g/mol. The number of carbonyl (C=O) groups is 2. The Balaban J connectivity index is 1.67. The van der Waals surface area contributed by atoms with Gasteiger partial charge in [-0.1, -0.05) is 0 Å². The Hall–Kier alpha value is -4.16. The highest BCUT2D eigenvalue weighted by molar-refractivity contribution is 6.46. The Morgan fingerprint density at radius 3 is 2.27 bits per heavy atom. The van der Waals surface area contributed by atoms with Crippen LogP contribution in [0.15, 0.2) is 29.8 Å². The molecule has 0 saturated carbocycles. The smallest absolute Gasteiger partial charge is 0.295 e. The van der Waals surface area contributed by atoms with Crippen LogP contribution in [-0.2, 0) is 14.3 Å². The summed E-state index contributed by atoms with van der Waals surface area (Å²) in [6.45, 7) is 3.28. The first-order valence-electron chi connectivity index (χ1n) is 12.8. The van der Waals surface area contributed by atoms with Crippen molar-refractivity contribution in [3.8, 4) is 34.5 Å². The Bertz CT molecular complexity index is 1330. The van der Waals surface area contributed by atoms with Gasteiger partial charge in [-0.05, 0) is 24.3 Å². The van der Waals surface area contributed by atoms with Crippen molar-refractivity contribution in [3.63, 3.8) is 0 Å². The molecule has 12 nitrogen and oxygen atoms in total. The molecule has 40 heavy (non-hydrogen) atoms. The molecule has 0 radical (unpaired) electrons. The number of fused-ring (bicyclic) bond motifs is 1. The lowest BCUT2D eigenvalue weighted by Crippen LogP contribution is -2.42. The molecule has 2 saturated heterocycles. The standard InChI is InChI=1S/C28H32N2O10/c1-34-18-6-5-16(13-19(18)35-2)23(31)21-22(17-14-20(36-3)26-27(25(17)37-4)40-15-39-26)30(28(33)24(21)32)8-7-29-9-11-38-12-10-29/h5-6,13-14,22,31H,7-12,15H2,1-4H3/t22-/m0/s1. The van der Waals surface area contributed by atoms with E-state index in [0.29, 0.717) is 67.2 Å². The maximum Gasteiger partial charge on any atom is 0.295 e. The molecule has 5 rings (SSSR count). The van der Waals surface area contributed by atoms with Crippen molar-refractivity contribution < 1.29 is 47.9 Å². The molecule has 12 heteroatoms. The van der Waals surface area contributed by atoms with Crippen LogP contribution in [-0.4, -0.2) is 101 Å². The Labute approximate surface area is 231 Å². The number of hydrogen-bond donors (Lipinski definition) is 1. The number of benzene rings is 2. The molecule has 2 aromatic carbocycles. The number of ether oxygens (including phenoxy) is 7. The lowest BCUT2D eigenvalue weighted by atomic mass is 9.93. The van der Waals surface area contributed by atoms with Crippen molar-refractivity contribution >= 4 is 17.4 Å². The van der Waals surface area contributed by atoms with E-state index in [1.54, 1.807) is 24.3 Å². The van der Waals surface area contributed by atoms with Gasteiger partial charge in [-0.3, -0.25) is 14.5 Å². The zero-order valence-corrected chi connectivity index (χ0v) is 22.9. The zero-order valence-electron chi connectivity index (χ0n) is 22.9. The molecule has 0 aromatic heterocycles. The molecule has 0 bridgehead atoms. The summed E-state index contributed by atoms with van der Waals surface area (Å²) in [6, 6.07) is 5.39. The molecule has 3 aliphatic heterocycles. The Kier molecular flexibility index (Phi) is 7.90. The van der Waals surface area contributed by atoms with Crippen LogP contribution in [0, 0.1) is 0 Å². The highest BCUT2D eigenvalue weighted by Gasteiger charge is 2.48. The normalized spacial score (nSPS) is 20.1. The molecule has 3 heterocycles. The van der Waals surface area contributed by atoms with E-state index < -0.39 is 17.7 Å². The molecular weight excluding hydrogens is 524 g/mol. The minimum atomic E-state index is -1.01. The molecule has 2 aromatic rings. The number of Topliss-reactive ketones (excluding diaryl/α,β-unsaturated/α-hetero) is 1. The van der Waals surface area contributed by atoms with Crippen LogP contribution < -0.4 is 28.4 Å². The number of hydrogen-bond acceptors (Lipinski definition) is 11. The third-order valence-electron chi connectivity index (χ3n) is 7.27. The van der Waals surface area contributed by atoms with Crippen LogP contribution in [0.2, 0.25) is 0 Å². The molecule has 1 amide bonds. The molecule has 214 valence electrons. The molecule has 2 fully saturated rings. The first kappa shape index (κ1) is 27.4. The van der Waals surface area contributed by atoms with Crippen molar-refractivity contribution in [1.82, 2.24) is 9.80 Å². The number of aliphatic hydroxyl groups excluding tert-OH is 1. The van der Waals surface area contributed by atoms with E-state index in [-0.39, 0.29) is 36.0 Å². The van der Waals surface area contributed by atoms with Crippen LogP contribution in [0.4, 0.5) is 0 Å². The van der Waals surface area contributed by atoms with Gasteiger partial charge in [0, 0.05) is 37.3 Å². The number of methoxy groups -OCH3 is 4. The van der Waals surface area contributed by atoms with Crippen LogP contribution >= 0.6 is 0 Å². The maximum atomic E-state index is 13.6. The molecule has 0 unspecified atom stereocenters. The Morgan fingerprint density at radius 2 is 1.60 bits per heavy atom. The molecule has 1 N–H and O–H groups in total. The van der Waals surface area contributed by atoms with E-state index in [9.17, 15) is 14.7 Å². The lowest BCUT2D eigenvalue weighted by Gasteiger charge is -2.31. The molecular formula is C28H32N2O10. The first-order valence-corrected chi connectivity index (χ1v) is 12.8. The predicted molar refractivity (Wildman–Crippen MR) is 141 cm³/mol. The summed E-state index contributed by atoms with van der Waals surface area (Å²) >= 11 is 0. The van der Waals surface area contributed by atoms with Gasteiger partial charge < -0.3 is 43.2 Å². The fourth-order valence-corrected chi connectivity index (χ4v) is 5.25. The summed E-state index contributed by atoms with van der Waals surface area (Å²) in [5.41, 5.74) is 0.589. The second-order valence-electron chi connectivity index (χ2n) is 9.28. The average Bonchev–Trinajstić information content (AvgIpc) is 3.58. The van der Waals surface area contributed by atoms with Crippen LogP contribution in [0.5, 0.6) is 34.5 Å².